The van der Waals surface area contributed by atoms with E-state index in [0.29, 0.717) is 43.3 Å². The van der Waals surface area contributed by atoms with Crippen LogP contribution in [0, 0.1) is 0 Å². The molecular formula is C26H16Cl2N2O3S. The summed E-state index contributed by atoms with van der Waals surface area (Å²) in [6.07, 6.45) is 1.71. The van der Waals surface area contributed by atoms with Crippen LogP contribution >= 0.6 is 35.0 Å². The second kappa shape index (κ2) is 9.50. The molecule has 168 valence electrons. The van der Waals surface area contributed by atoms with E-state index in [1.165, 1.54) is 11.8 Å². The molecular weight excluding hydrogens is 491 g/mol. The fourth-order valence-electron chi connectivity index (χ4n) is 3.52. The fraction of sp³-hybridized carbons (Fsp3) is 0.0385. The van der Waals surface area contributed by atoms with Crippen molar-refractivity contribution < 1.29 is 9.21 Å². The van der Waals surface area contributed by atoms with Crippen molar-refractivity contribution in [2.24, 2.45) is 0 Å². The number of hydrogen-bond acceptors (Lipinski definition) is 5. The maximum atomic E-state index is 12.7. The molecule has 5 rings (SSSR count). The number of Topliss-reactive ketones (excluding diaryl/α,β-unsaturated/α-hetero) is 1. The smallest absolute Gasteiger partial charge is 0.345 e. The van der Waals surface area contributed by atoms with Gasteiger partial charge in [0.05, 0.1) is 27.7 Å². The van der Waals surface area contributed by atoms with Gasteiger partial charge in [0, 0.05) is 22.2 Å². The molecule has 3 aromatic carbocycles. The molecule has 0 atom stereocenters. The van der Waals surface area contributed by atoms with E-state index >= 15 is 0 Å². The average molecular weight is 507 g/mol. The number of halogens is 2. The van der Waals surface area contributed by atoms with Gasteiger partial charge in [-0.05, 0) is 30.3 Å². The summed E-state index contributed by atoms with van der Waals surface area (Å²) in [5, 5.41) is 2.21. The molecule has 0 spiro atoms. The van der Waals surface area contributed by atoms with Crippen molar-refractivity contribution in [1.82, 2.24) is 9.55 Å². The van der Waals surface area contributed by atoms with Crippen molar-refractivity contribution in [3.63, 3.8) is 0 Å². The van der Waals surface area contributed by atoms with Gasteiger partial charge in [-0.15, -0.1) is 0 Å². The minimum Gasteiger partial charge on any atom is -0.422 e. The molecule has 2 heterocycles. The van der Waals surface area contributed by atoms with Gasteiger partial charge in [0.1, 0.15) is 5.58 Å². The third kappa shape index (κ3) is 4.53. The minimum absolute atomic E-state index is 0.0332. The number of fused-ring (bicyclic) bond motifs is 1. The summed E-state index contributed by atoms with van der Waals surface area (Å²) in [6, 6.07) is 23.2. The van der Waals surface area contributed by atoms with Crippen LogP contribution in [-0.4, -0.2) is 21.1 Å². The Bertz CT molecular complexity index is 1580. The van der Waals surface area contributed by atoms with Crippen LogP contribution in [-0.2, 0) is 0 Å². The fourth-order valence-corrected chi connectivity index (χ4v) is 4.90. The number of benzene rings is 3. The molecule has 0 unspecified atom stereocenters. The molecule has 2 aromatic heterocycles. The molecule has 0 N–H and O–H groups in total. The van der Waals surface area contributed by atoms with Crippen LogP contribution in [0.4, 0.5) is 0 Å². The van der Waals surface area contributed by atoms with E-state index in [9.17, 15) is 9.59 Å². The summed E-state index contributed by atoms with van der Waals surface area (Å²) in [4.78, 5) is 30.1. The highest BCUT2D eigenvalue weighted by Crippen LogP contribution is 2.32. The maximum Gasteiger partial charge on any atom is 0.345 e. The Labute approximate surface area is 209 Å². The number of aromatic nitrogens is 2. The predicted molar refractivity (Wildman–Crippen MR) is 137 cm³/mol. The van der Waals surface area contributed by atoms with Crippen molar-refractivity contribution in [1.29, 1.82) is 0 Å². The number of imidazole rings is 1. The van der Waals surface area contributed by atoms with E-state index < -0.39 is 5.63 Å². The summed E-state index contributed by atoms with van der Waals surface area (Å²) in [6.45, 7) is 0. The molecule has 5 nitrogen and oxygen atoms in total. The van der Waals surface area contributed by atoms with Crippen molar-refractivity contribution in [2.75, 3.05) is 5.75 Å². The summed E-state index contributed by atoms with van der Waals surface area (Å²) in [5.74, 6) is 0.131. The van der Waals surface area contributed by atoms with Crippen molar-refractivity contribution >= 4 is 51.7 Å². The lowest BCUT2D eigenvalue weighted by Crippen LogP contribution is -2.04. The summed E-state index contributed by atoms with van der Waals surface area (Å²) < 4.78 is 7.24. The van der Waals surface area contributed by atoms with Crippen LogP contribution < -0.4 is 5.63 Å². The van der Waals surface area contributed by atoms with Gasteiger partial charge in [0.2, 0.25) is 0 Å². The van der Waals surface area contributed by atoms with E-state index in [0.717, 1.165) is 5.39 Å². The van der Waals surface area contributed by atoms with Crippen LogP contribution in [0.5, 0.6) is 0 Å². The first-order valence-electron chi connectivity index (χ1n) is 10.3. The van der Waals surface area contributed by atoms with Gasteiger partial charge in [-0.1, -0.05) is 83.5 Å². The average Bonchev–Trinajstić information content (AvgIpc) is 3.26. The molecule has 0 aliphatic heterocycles. The van der Waals surface area contributed by atoms with Crippen LogP contribution in [0.25, 0.3) is 27.9 Å². The number of ketones is 1. The lowest BCUT2D eigenvalue weighted by molar-refractivity contribution is 0.102. The third-order valence-electron chi connectivity index (χ3n) is 5.19. The van der Waals surface area contributed by atoms with E-state index in [1.54, 1.807) is 59.3 Å². The van der Waals surface area contributed by atoms with Crippen molar-refractivity contribution in [3.05, 3.63) is 111 Å². The monoisotopic (exact) mass is 506 g/mol. The summed E-state index contributed by atoms with van der Waals surface area (Å²) in [5.41, 5.74) is 1.98. The molecule has 0 fully saturated rings. The Morgan fingerprint density at radius 1 is 0.971 bits per heavy atom. The number of thioether (sulfide) groups is 1. The largest absolute Gasteiger partial charge is 0.422 e. The minimum atomic E-state index is -0.498. The number of carbonyl (C=O) groups is 1. The second-order valence-electron chi connectivity index (χ2n) is 7.44. The topological polar surface area (TPSA) is 65.1 Å². The number of hydrogen-bond donors (Lipinski definition) is 0. The third-order valence-corrected chi connectivity index (χ3v) is 6.68. The van der Waals surface area contributed by atoms with Crippen LogP contribution in [0.3, 0.4) is 0 Å². The normalized spacial score (nSPS) is 11.1. The van der Waals surface area contributed by atoms with Gasteiger partial charge < -0.3 is 4.42 Å². The van der Waals surface area contributed by atoms with Crippen molar-refractivity contribution in [2.45, 2.75) is 5.16 Å². The van der Waals surface area contributed by atoms with Crippen molar-refractivity contribution in [3.8, 4) is 16.9 Å². The zero-order valence-electron chi connectivity index (χ0n) is 17.6. The molecule has 5 aromatic rings. The van der Waals surface area contributed by atoms with E-state index in [-0.39, 0.29) is 11.5 Å². The molecule has 0 aliphatic rings. The molecule has 8 heteroatoms. The van der Waals surface area contributed by atoms with Gasteiger partial charge >= 0.3 is 5.63 Å². The van der Waals surface area contributed by atoms with E-state index in [4.69, 9.17) is 27.6 Å². The first kappa shape index (κ1) is 22.5. The molecule has 0 aliphatic carbocycles. The first-order chi connectivity index (χ1) is 16.5. The van der Waals surface area contributed by atoms with Gasteiger partial charge in [0.25, 0.3) is 0 Å². The summed E-state index contributed by atoms with van der Waals surface area (Å²) in [7, 11) is 0. The van der Waals surface area contributed by atoms with Crippen LogP contribution in [0.2, 0.25) is 10.0 Å². The lowest BCUT2D eigenvalue weighted by Gasteiger charge is -2.09. The Morgan fingerprint density at radius 2 is 1.74 bits per heavy atom. The standard InChI is InChI=1S/C26H16Cl2N2O3S/c27-18-10-11-22(20(28)13-18)30-14-21(19-12-17-8-4-5-9-24(17)33-25(19)32)29-26(30)34-15-23(31)16-6-2-1-3-7-16/h1-14H,15H2. The number of para-hydroxylation sites is 1. The zero-order valence-corrected chi connectivity index (χ0v) is 19.9. The molecule has 0 amide bonds. The SMILES string of the molecule is O=C(CSc1nc(-c2cc3ccccc3oc2=O)cn1-c1ccc(Cl)cc1Cl)c1ccccc1. The number of nitrogens with zero attached hydrogens (tertiary/aromatic N) is 2. The van der Waals surface area contributed by atoms with Gasteiger partial charge in [-0.25, -0.2) is 9.78 Å². The number of carbonyl (C=O) groups excluding carboxylic acids is 1. The second-order valence-corrected chi connectivity index (χ2v) is 9.22. The highest BCUT2D eigenvalue weighted by molar-refractivity contribution is 7.99. The maximum absolute atomic E-state index is 12.7. The molecule has 0 radical (unpaired) electrons. The quantitative estimate of drug-likeness (QED) is 0.142. The Hall–Kier alpha value is -3.32. The Morgan fingerprint density at radius 3 is 2.53 bits per heavy atom. The van der Waals surface area contributed by atoms with E-state index in [2.05, 4.69) is 4.98 Å². The van der Waals surface area contributed by atoms with E-state index in [1.807, 2.05) is 30.3 Å². The Balaban J connectivity index is 1.58. The highest BCUT2D eigenvalue weighted by atomic mass is 35.5. The zero-order chi connectivity index (χ0) is 23.7. The Kier molecular flexibility index (Phi) is 6.28. The summed E-state index contributed by atoms with van der Waals surface area (Å²) >= 11 is 13.8. The highest BCUT2D eigenvalue weighted by Gasteiger charge is 2.19. The molecule has 34 heavy (non-hydrogen) atoms. The van der Waals surface area contributed by atoms with Gasteiger partial charge in [0.15, 0.2) is 10.9 Å². The van der Waals surface area contributed by atoms with Gasteiger partial charge in [-0.2, -0.15) is 0 Å². The van der Waals surface area contributed by atoms with Gasteiger partial charge in [-0.3, -0.25) is 9.36 Å². The molecule has 0 saturated heterocycles. The first-order valence-corrected chi connectivity index (χ1v) is 12.0. The molecule has 0 bridgehead atoms. The molecule has 0 saturated carbocycles. The van der Waals surface area contributed by atoms with Crippen LogP contribution in [0.1, 0.15) is 10.4 Å². The predicted octanol–water partition coefficient (Wildman–Crippen LogP) is 6.93. The number of rotatable bonds is 6. The van der Waals surface area contributed by atoms with Crippen LogP contribution in [0.15, 0.2) is 99.4 Å². The lowest BCUT2D eigenvalue weighted by atomic mass is 10.1.